The predicted molar refractivity (Wildman–Crippen MR) is 66.7 cm³/mol. The summed E-state index contributed by atoms with van der Waals surface area (Å²) in [6, 6.07) is 5.26. The third-order valence-corrected chi connectivity index (χ3v) is 3.70. The minimum absolute atomic E-state index is 0.101. The van der Waals surface area contributed by atoms with Gasteiger partial charge < -0.3 is 0 Å². The van der Waals surface area contributed by atoms with Crippen LogP contribution in [0.3, 0.4) is 0 Å². The highest BCUT2D eigenvalue weighted by molar-refractivity contribution is 6.21. The minimum Gasteiger partial charge on any atom is -0.274 e. The Morgan fingerprint density at radius 3 is 2.72 bits per heavy atom. The summed E-state index contributed by atoms with van der Waals surface area (Å²) in [6.45, 7) is 2.01. The highest BCUT2D eigenvalue weighted by Crippen LogP contribution is 2.38. The number of aromatic nitrogens is 1. The summed E-state index contributed by atoms with van der Waals surface area (Å²) in [4.78, 5) is 30.0. The van der Waals surface area contributed by atoms with Crippen LogP contribution in [0.5, 0.6) is 0 Å². The van der Waals surface area contributed by atoms with Gasteiger partial charge in [0.15, 0.2) is 0 Å². The van der Waals surface area contributed by atoms with Crippen LogP contribution >= 0.6 is 0 Å². The normalized spacial score (nSPS) is 27.2. The van der Waals surface area contributed by atoms with Crippen molar-refractivity contribution in [3.8, 4) is 0 Å². The van der Waals surface area contributed by atoms with Crippen molar-refractivity contribution in [2.75, 3.05) is 4.90 Å². The van der Waals surface area contributed by atoms with E-state index in [-0.39, 0.29) is 23.7 Å². The Morgan fingerprint density at radius 1 is 1.22 bits per heavy atom. The average Bonchev–Trinajstić information content (AvgIpc) is 2.63. The minimum atomic E-state index is -0.191. The van der Waals surface area contributed by atoms with Crippen molar-refractivity contribution in [1.29, 1.82) is 0 Å². The second-order valence-corrected chi connectivity index (χ2v) is 4.90. The van der Waals surface area contributed by atoms with E-state index in [1.54, 1.807) is 24.4 Å². The van der Waals surface area contributed by atoms with Crippen molar-refractivity contribution >= 4 is 17.6 Å². The maximum atomic E-state index is 12.3. The maximum absolute atomic E-state index is 12.3. The van der Waals surface area contributed by atoms with Gasteiger partial charge in [-0.2, -0.15) is 0 Å². The molecule has 0 aromatic carbocycles. The molecule has 18 heavy (non-hydrogen) atoms. The Hall–Kier alpha value is -1.97. The van der Waals surface area contributed by atoms with E-state index in [0.29, 0.717) is 18.7 Å². The first-order valence-corrected chi connectivity index (χ1v) is 6.13. The molecule has 2 atom stereocenters. The molecule has 1 aliphatic carbocycles. The lowest BCUT2D eigenvalue weighted by molar-refractivity contribution is -0.122. The molecular weight excluding hydrogens is 228 g/mol. The van der Waals surface area contributed by atoms with Crippen LogP contribution in [-0.2, 0) is 9.59 Å². The number of imide groups is 1. The van der Waals surface area contributed by atoms with E-state index in [0.717, 1.165) is 0 Å². The largest absolute Gasteiger partial charge is 0.274 e. The second-order valence-electron chi connectivity index (χ2n) is 4.90. The molecule has 4 nitrogen and oxygen atoms in total. The molecule has 1 fully saturated rings. The molecule has 2 aliphatic rings. The number of nitrogens with zero attached hydrogens (tertiary/aromatic N) is 2. The fourth-order valence-electron chi connectivity index (χ4n) is 2.75. The summed E-state index contributed by atoms with van der Waals surface area (Å²) < 4.78 is 0. The smallest absolute Gasteiger partial charge is 0.239 e. The summed E-state index contributed by atoms with van der Waals surface area (Å²) in [5.74, 6) is -0.143. The zero-order valence-corrected chi connectivity index (χ0v) is 10.2. The standard InChI is InChI=1S/C14H14N2O2/c1-9-5-6-10-11(8-9)14(18)16(13(10)17)12-4-2-3-7-15-12/h2-5,7,10-11H,6,8H2,1H3. The van der Waals surface area contributed by atoms with Crippen molar-refractivity contribution in [2.24, 2.45) is 11.8 Å². The number of carbonyl (C=O) groups excluding carboxylic acids is 2. The summed E-state index contributed by atoms with van der Waals surface area (Å²) in [6.07, 6.45) is 5.03. The number of hydrogen-bond donors (Lipinski definition) is 0. The van der Waals surface area contributed by atoms with E-state index < -0.39 is 0 Å². The van der Waals surface area contributed by atoms with Crippen LogP contribution in [0.2, 0.25) is 0 Å². The highest BCUT2D eigenvalue weighted by atomic mass is 16.2. The molecule has 0 bridgehead atoms. The summed E-state index contributed by atoms with van der Waals surface area (Å²) in [5, 5.41) is 0. The highest BCUT2D eigenvalue weighted by Gasteiger charge is 2.48. The third-order valence-electron chi connectivity index (χ3n) is 3.70. The molecule has 1 aromatic rings. The number of hydrogen-bond acceptors (Lipinski definition) is 3. The van der Waals surface area contributed by atoms with Gasteiger partial charge in [0.05, 0.1) is 11.8 Å². The van der Waals surface area contributed by atoms with E-state index >= 15 is 0 Å². The lowest BCUT2D eigenvalue weighted by Crippen LogP contribution is -2.31. The van der Waals surface area contributed by atoms with Crippen LogP contribution in [-0.4, -0.2) is 16.8 Å². The Morgan fingerprint density at radius 2 is 2.00 bits per heavy atom. The van der Waals surface area contributed by atoms with Crippen molar-refractivity contribution in [3.63, 3.8) is 0 Å². The molecule has 4 heteroatoms. The molecule has 3 rings (SSSR count). The summed E-state index contributed by atoms with van der Waals surface area (Å²) in [5.41, 5.74) is 1.19. The SMILES string of the molecule is CC1=CCC2C(=O)N(c3ccccn3)C(=O)C2C1. The number of pyridine rings is 1. The first-order chi connectivity index (χ1) is 8.68. The fraction of sp³-hybridized carbons (Fsp3) is 0.357. The quantitative estimate of drug-likeness (QED) is 0.558. The number of fused-ring (bicyclic) bond motifs is 1. The predicted octanol–water partition coefficient (Wildman–Crippen LogP) is 1.93. The number of carbonyl (C=O) groups is 2. The number of rotatable bonds is 1. The average molecular weight is 242 g/mol. The first kappa shape index (κ1) is 11.1. The van der Waals surface area contributed by atoms with E-state index in [1.165, 1.54) is 10.5 Å². The molecule has 2 unspecified atom stereocenters. The molecule has 0 saturated carbocycles. The van der Waals surface area contributed by atoms with Gasteiger partial charge in [0, 0.05) is 6.20 Å². The van der Waals surface area contributed by atoms with Crippen molar-refractivity contribution < 1.29 is 9.59 Å². The van der Waals surface area contributed by atoms with E-state index in [1.807, 2.05) is 6.92 Å². The van der Waals surface area contributed by atoms with Crippen LogP contribution in [0.4, 0.5) is 5.82 Å². The Labute approximate surface area is 105 Å². The Balaban J connectivity index is 1.96. The van der Waals surface area contributed by atoms with Gasteiger partial charge >= 0.3 is 0 Å². The van der Waals surface area contributed by atoms with Crippen molar-refractivity contribution in [3.05, 3.63) is 36.0 Å². The molecular formula is C14H14N2O2. The zero-order valence-electron chi connectivity index (χ0n) is 10.2. The molecule has 0 radical (unpaired) electrons. The van der Waals surface area contributed by atoms with E-state index in [4.69, 9.17) is 0 Å². The summed E-state index contributed by atoms with van der Waals surface area (Å²) in [7, 11) is 0. The first-order valence-electron chi connectivity index (χ1n) is 6.13. The van der Waals surface area contributed by atoms with Gasteiger partial charge in [0.1, 0.15) is 5.82 Å². The van der Waals surface area contributed by atoms with Crippen molar-refractivity contribution in [1.82, 2.24) is 4.98 Å². The van der Waals surface area contributed by atoms with Crippen LogP contribution < -0.4 is 4.90 Å². The lowest BCUT2D eigenvalue weighted by Gasteiger charge is -2.18. The molecule has 92 valence electrons. The lowest BCUT2D eigenvalue weighted by atomic mass is 9.82. The number of amides is 2. The molecule has 1 aliphatic heterocycles. The molecule has 0 N–H and O–H groups in total. The molecule has 1 aromatic heterocycles. The van der Waals surface area contributed by atoms with Gasteiger partial charge in [0.2, 0.25) is 11.8 Å². The maximum Gasteiger partial charge on any atom is 0.239 e. The van der Waals surface area contributed by atoms with Gasteiger partial charge in [0.25, 0.3) is 0 Å². The Kier molecular flexibility index (Phi) is 2.51. The fourth-order valence-corrected chi connectivity index (χ4v) is 2.75. The Bertz CT molecular complexity index is 536. The second kappa shape index (κ2) is 4.05. The topological polar surface area (TPSA) is 50.3 Å². The van der Waals surface area contributed by atoms with Crippen LogP contribution in [0, 0.1) is 11.8 Å². The van der Waals surface area contributed by atoms with E-state index in [2.05, 4.69) is 11.1 Å². The summed E-state index contributed by atoms with van der Waals surface area (Å²) >= 11 is 0. The van der Waals surface area contributed by atoms with Crippen molar-refractivity contribution in [2.45, 2.75) is 19.8 Å². The molecule has 1 saturated heterocycles. The van der Waals surface area contributed by atoms with Gasteiger partial charge in [-0.05, 0) is 31.9 Å². The van der Waals surface area contributed by atoms with Gasteiger partial charge in [-0.1, -0.05) is 17.7 Å². The van der Waals surface area contributed by atoms with Gasteiger partial charge in [-0.15, -0.1) is 0 Å². The van der Waals surface area contributed by atoms with Gasteiger partial charge in [-0.3, -0.25) is 9.59 Å². The third kappa shape index (κ3) is 1.56. The number of anilines is 1. The zero-order chi connectivity index (χ0) is 12.7. The number of allylic oxidation sites excluding steroid dienone is 2. The molecule has 0 spiro atoms. The van der Waals surface area contributed by atoms with Crippen LogP contribution in [0.15, 0.2) is 36.0 Å². The molecule has 2 amide bonds. The van der Waals surface area contributed by atoms with Crippen LogP contribution in [0.1, 0.15) is 19.8 Å². The molecule has 2 heterocycles. The monoisotopic (exact) mass is 242 g/mol. The van der Waals surface area contributed by atoms with E-state index in [9.17, 15) is 9.59 Å². The van der Waals surface area contributed by atoms with Crippen LogP contribution in [0.25, 0.3) is 0 Å². The van der Waals surface area contributed by atoms with Gasteiger partial charge in [-0.25, -0.2) is 9.88 Å².